The third-order valence-electron chi connectivity index (χ3n) is 5.65. The molecule has 0 radical (unpaired) electrons. The van der Waals surface area contributed by atoms with Crippen molar-refractivity contribution >= 4 is 0 Å². The SMILES string of the molecule is CCC(F)(F)c1cc(=O)nc2n1C[C@@H](COc1cccc(-c3cccc(C)c3C)c1)O2. The van der Waals surface area contributed by atoms with Gasteiger partial charge in [-0.3, -0.25) is 9.36 Å². The zero-order chi connectivity index (χ0) is 22.2. The number of aromatic nitrogens is 2. The number of hydrogen-bond acceptors (Lipinski definition) is 4. The summed E-state index contributed by atoms with van der Waals surface area (Å²) in [5.41, 5.74) is 3.47. The van der Waals surface area contributed by atoms with Gasteiger partial charge in [-0.2, -0.15) is 13.8 Å². The molecule has 2 aromatic carbocycles. The number of fused-ring (bicyclic) bond motifs is 1. The number of halogens is 2. The van der Waals surface area contributed by atoms with Crippen LogP contribution in [0.2, 0.25) is 0 Å². The van der Waals surface area contributed by atoms with Crippen molar-refractivity contribution in [3.63, 3.8) is 0 Å². The number of ether oxygens (including phenoxy) is 2. The van der Waals surface area contributed by atoms with Crippen molar-refractivity contribution in [2.75, 3.05) is 6.61 Å². The monoisotopic (exact) mass is 426 g/mol. The zero-order valence-corrected chi connectivity index (χ0v) is 17.7. The third kappa shape index (κ3) is 4.17. The second kappa shape index (κ2) is 8.13. The first-order valence-electron chi connectivity index (χ1n) is 10.2. The molecular formula is C24H24F2N2O3. The molecule has 162 valence electrons. The number of alkyl halides is 2. The van der Waals surface area contributed by atoms with E-state index in [0.717, 1.165) is 17.2 Å². The van der Waals surface area contributed by atoms with Crippen molar-refractivity contribution < 1.29 is 18.3 Å². The highest BCUT2D eigenvalue weighted by Crippen LogP contribution is 2.34. The molecule has 0 fully saturated rings. The lowest BCUT2D eigenvalue weighted by Gasteiger charge is -2.17. The summed E-state index contributed by atoms with van der Waals surface area (Å²) in [5, 5.41) is 0. The molecule has 0 bridgehead atoms. The van der Waals surface area contributed by atoms with E-state index in [1.807, 2.05) is 30.3 Å². The summed E-state index contributed by atoms with van der Waals surface area (Å²) in [6.07, 6.45) is -0.938. The first-order valence-corrected chi connectivity index (χ1v) is 10.2. The van der Waals surface area contributed by atoms with Gasteiger partial charge in [-0.05, 0) is 48.2 Å². The van der Waals surface area contributed by atoms with Gasteiger partial charge in [-0.25, -0.2) is 0 Å². The molecule has 0 N–H and O–H groups in total. The molecular weight excluding hydrogens is 402 g/mol. The van der Waals surface area contributed by atoms with E-state index in [1.165, 1.54) is 22.6 Å². The second-order valence-corrected chi connectivity index (χ2v) is 7.76. The Bertz CT molecular complexity index is 1170. The zero-order valence-electron chi connectivity index (χ0n) is 17.7. The largest absolute Gasteiger partial charge is 0.490 e. The van der Waals surface area contributed by atoms with Crippen LogP contribution in [-0.2, 0) is 12.5 Å². The van der Waals surface area contributed by atoms with E-state index in [0.29, 0.717) is 5.75 Å². The molecule has 1 aromatic heterocycles. The summed E-state index contributed by atoms with van der Waals surface area (Å²) in [6.45, 7) is 5.82. The van der Waals surface area contributed by atoms with Gasteiger partial charge in [0, 0.05) is 12.5 Å². The van der Waals surface area contributed by atoms with Crippen molar-refractivity contribution in [3.05, 3.63) is 75.7 Å². The Morgan fingerprint density at radius 3 is 2.74 bits per heavy atom. The van der Waals surface area contributed by atoms with Crippen LogP contribution in [0, 0.1) is 13.8 Å². The molecule has 0 aliphatic carbocycles. The predicted molar refractivity (Wildman–Crippen MR) is 114 cm³/mol. The lowest BCUT2D eigenvalue weighted by atomic mass is 9.97. The molecule has 0 saturated carbocycles. The maximum Gasteiger partial charge on any atom is 0.300 e. The van der Waals surface area contributed by atoms with Crippen molar-refractivity contribution in [2.45, 2.75) is 45.8 Å². The molecule has 5 nitrogen and oxygen atoms in total. The standard InChI is InChI=1S/C24H24F2N2O3/c1-4-24(25,26)21-12-22(29)27-23-28(21)13-19(31-23)14-30-18-9-6-8-17(11-18)20-10-5-7-15(2)16(20)3/h5-12,19H,4,13-14H2,1-3H3/t19-/m0/s1. The molecule has 1 aliphatic rings. The van der Waals surface area contributed by atoms with Crippen LogP contribution in [0.5, 0.6) is 11.8 Å². The van der Waals surface area contributed by atoms with Crippen LogP contribution >= 0.6 is 0 Å². The predicted octanol–water partition coefficient (Wildman–Crippen LogP) is 4.87. The molecule has 2 heterocycles. The number of rotatable bonds is 6. The molecule has 4 rings (SSSR count). The van der Waals surface area contributed by atoms with E-state index in [2.05, 4.69) is 31.0 Å². The van der Waals surface area contributed by atoms with E-state index in [4.69, 9.17) is 9.47 Å². The van der Waals surface area contributed by atoms with Crippen LogP contribution in [-0.4, -0.2) is 22.3 Å². The summed E-state index contributed by atoms with van der Waals surface area (Å²) in [6, 6.07) is 14.7. The van der Waals surface area contributed by atoms with Crippen LogP contribution in [0.25, 0.3) is 11.1 Å². The minimum Gasteiger partial charge on any atom is -0.490 e. The van der Waals surface area contributed by atoms with Crippen LogP contribution in [0.4, 0.5) is 8.78 Å². The Kier molecular flexibility index (Phi) is 5.52. The molecule has 3 aromatic rings. The highest BCUT2D eigenvalue weighted by Gasteiger charge is 2.37. The molecule has 1 aliphatic heterocycles. The van der Waals surface area contributed by atoms with E-state index in [9.17, 15) is 13.6 Å². The van der Waals surface area contributed by atoms with Gasteiger partial charge in [0.05, 0.1) is 12.2 Å². The average Bonchev–Trinajstić information content (AvgIpc) is 3.16. The highest BCUT2D eigenvalue weighted by atomic mass is 19.3. The highest BCUT2D eigenvalue weighted by molar-refractivity contribution is 5.69. The summed E-state index contributed by atoms with van der Waals surface area (Å²) in [4.78, 5) is 15.5. The van der Waals surface area contributed by atoms with Crippen LogP contribution in [0.15, 0.2) is 53.3 Å². The fourth-order valence-electron chi connectivity index (χ4n) is 3.72. The summed E-state index contributed by atoms with van der Waals surface area (Å²) in [7, 11) is 0. The molecule has 1 atom stereocenters. The average molecular weight is 426 g/mol. The quantitative estimate of drug-likeness (QED) is 0.564. The van der Waals surface area contributed by atoms with Gasteiger partial charge in [0.2, 0.25) is 0 Å². The van der Waals surface area contributed by atoms with Gasteiger partial charge in [0.1, 0.15) is 12.4 Å². The van der Waals surface area contributed by atoms with Crippen LogP contribution in [0.3, 0.4) is 0 Å². The minimum absolute atomic E-state index is 0.0895. The minimum atomic E-state index is -3.13. The van der Waals surface area contributed by atoms with Crippen molar-refractivity contribution in [3.8, 4) is 22.9 Å². The fraction of sp³-hybridized carbons (Fsp3) is 0.333. The van der Waals surface area contributed by atoms with E-state index >= 15 is 0 Å². The lowest BCUT2D eigenvalue weighted by Crippen LogP contribution is -2.25. The molecule has 0 saturated heterocycles. The van der Waals surface area contributed by atoms with E-state index in [-0.39, 0.29) is 24.9 Å². The number of hydrogen-bond donors (Lipinski definition) is 0. The van der Waals surface area contributed by atoms with Gasteiger partial charge in [-0.1, -0.05) is 37.3 Å². The van der Waals surface area contributed by atoms with Crippen molar-refractivity contribution in [1.29, 1.82) is 0 Å². The number of benzene rings is 2. The molecule has 0 amide bonds. The first kappa shape index (κ1) is 21.0. The van der Waals surface area contributed by atoms with Crippen LogP contribution < -0.4 is 15.0 Å². The van der Waals surface area contributed by atoms with Gasteiger partial charge >= 0.3 is 6.01 Å². The van der Waals surface area contributed by atoms with Crippen molar-refractivity contribution in [2.24, 2.45) is 0 Å². The topological polar surface area (TPSA) is 53.4 Å². The van der Waals surface area contributed by atoms with Gasteiger partial charge in [-0.15, -0.1) is 0 Å². The second-order valence-electron chi connectivity index (χ2n) is 7.76. The maximum absolute atomic E-state index is 14.3. The number of nitrogens with zero attached hydrogens (tertiary/aromatic N) is 2. The summed E-state index contributed by atoms with van der Waals surface area (Å²) < 4.78 is 41.4. The van der Waals surface area contributed by atoms with Gasteiger partial charge in [0.25, 0.3) is 11.5 Å². The Morgan fingerprint density at radius 2 is 1.97 bits per heavy atom. The normalized spacial score (nSPS) is 15.5. The van der Waals surface area contributed by atoms with Gasteiger partial charge in [0.15, 0.2) is 6.10 Å². The van der Waals surface area contributed by atoms with Gasteiger partial charge < -0.3 is 9.47 Å². The molecule has 31 heavy (non-hydrogen) atoms. The first-order chi connectivity index (χ1) is 14.8. The Labute approximate surface area is 179 Å². The fourth-order valence-corrected chi connectivity index (χ4v) is 3.72. The Hall–Kier alpha value is -3.22. The number of aryl methyl sites for hydroxylation is 1. The van der Waals surface area contributed by atoms with Crippen LogP contribution in [0.1, 0.15) is 30.2 Å². The molecule has 7 heteroatoms. The summed E-state index contributed by atoms with van der Waals surface area (Å²) >= 11 is 0. The molecule has 0 spiro atoms. The smallest absolute Gasteiger partial charge is 0.300 e. The van der Waals surface area contributed by atoms with Crippen molar-refractivity contribution in [1.82, 2.24) is 9.55 Å². The Balaban J connectivity index is 1.50. The third-order valence-corrected chi connectivity index (χ3v) is 5.65. The van der Waals surface area contributed by atoms with E-state index < -0.39 is 24.0 Å². The molecule has 0 unspecified atom stereocenters. The Morgan fingerprint density at radius 1 is 1.19 bits per heavy atom. The summed E-state index contributed by atoms with van der Waals surface area (Å²) in [5.74, 6) is -2.48. The van der Waals surface area contributed by atoms with E-state index in [1.54, 1.807) is 0 Å². The lowest BCUT2D eigenvalue weighted by molar-refractivity contribution is -0.0169. The maximum atomic E-state index is 14.3.